The van der Waals surface area contributed by atoms with Crippen LogP contribution in [-0.2, 0) is 22.6 Å². The summed E-state index contributed by atoms with van der Waals surface area (Å²) in [6.45, 7) is 7.74. The van der Waals surface area contributed by atoms with Crippen LogP contribution in [0.4, 0.5) is 10.2 Å². The van der Waals surface area contributed by atoms with Crippen LogP contribution in [0.1, 0.15) is 47.8 Å². The van der Waals surface area contributed by atoms with Gasteiger partial charge < -0.3 is 24.2 Å². The molecule has 43 heavy (non-hydrogen) atoms. The zero-order valence-electron chi connectivity index (χ0n) is 24.3. The molecule has 0 spiro atoms. The fourth-order valence-electron chi connectivity index (χ4n) is 6.40. The summed E-state index contributed by atoms with van der Waals surface area (Å²) in [7, 11) is 2.09. The van der Waals surface area contributed by atoms with Gasteiger partial charge in [-0.3, -0.25) is 9.89 Å². The second kappa shape index (κ2) is 12.1. The molecule has 2 fully saturated rings. The Morgan fingerprint density at radius 1 is 1.33 bits per heavy atom. The van der Waals surface area contributed by atoms with Gasteiger partial charge in [-0.15, -0.1) is 0 Å². The van der Waals surface area contributed by atoms with E-state index in [-0.39, 0.29) is 37.7 Å². The summed E-state index contributed by atoms with van der Waals surface area (Å²) in [5.74, 6) is -1.19. The van der Waals surface area contributed by atoms with Gasteiger partial charge in [-0.2, -0.15) is 20.3 Å². The van der Waals surface area contributed by atoms with Crippen molar-refractivity contribution in [1.29, 1.82) is 5.26 Å². The lowest BCUT2D eigenvalue weighted by molar-refractivity contribution is -0.131. The molecular weight excluding hydrogens is 575 g/mol. The Balaban J connectivity index is 1.35. The summed E-state index contributed by atoms with van der Waals surface area (Å²) >= 11 is 6.83. The topological polar surface area (TPSA) is 124 Å². The Labute approximate surface area is 254 Å². The molecule has 11 nitrogen and oxygen atoms in total. The van der Waals surface area contributed by atoms with E-state index in [0.717, 1.165) is 52.7 Å². The number of nitrogens with one attached hydrogen (secondary N) is 1. The summed E-state index contributed by atoms with van der Waals surface area (Å²) in [4.78, 5) is 27.9. The van der Waals surface area contributed by atoms with E-state index >= 15 is 0 Å². The first-order valence-corrected chi connectivity index (χ1v) is 14.9. The number of H-pyrrole nitrogens is 1. The highest BCUT2D eigenvalue weighted by atomic mass is 35.5. The largest absolute Gasteiger partial charge is 0.462 e. The number of rotatable bonds is 7. The molecule has 6 rings (SSSR count). The maximum Gasteiger partial charge on any atom is 0.318 e. The second-order valence-corrected chi connectivity index (χ2v) is 11.8. The maximum atomic E-state index is 13.8. The molecule has 1 amide bonds. The minimum Gasteiger partial charge on any atom is -0.462 e. The first kappa shape index (κ1) is 29.3. The summed E-state index contributed by atoms with van der Waals surface area (Å²) in [5.41, 5.74) is 4.27. The van der Waals surface area contributed by atoms with Crippen molar-refractivity contribution in [2.75, 3.05) is 44.7 Å². The number of ether oxygens (including phenoxy) is 2. The molecule has 2 aromatic heterocycles. The van der Waals surface area contributed by atoms with Crippen molar-refractivity contribution < 1.29 is 18.7 Å². The van der Waals surface area contributed by atoms with Crippen LogP contribution in [-0.4, -0.2) is 87.8 Å². The smallest absolute Gasteiger partial charge is 0.318 e. The number of carbonyl (C=O) groups is 1. The third-order valence-electron chi connectivity index (χ3n) is 8.76. The third-order valence-corrected chi connectivity index (χ3v) is 9.26. The third kappa shape index (κ3) is 5.64. The van der Waals surface area contributed by atoms with E-state index in [1.165, 1.54) is 4.90 Å². The van der Waals surface area contributed by atoms with Crippen molar-refractivity contribution in [3.8, 4) is 12.1 Å². The van der Waals surface area contributed by atoms with Gasteiger partial charge in [0.05, 0.1) is 53.7 Å². The quantitative estimate of drug-likeness (QED) is 0.396. The SMILES string of the molecule is C=C(F)C(=O)N1CCN(c2nc(OC[C@@H]3CCCN3C)nc3c2COC(c2c(Cl)c(C)cc4[nH]ncc24)C3)C[C@@H]1CC#N. The minimum atomic E-state index is -1.04. The fourth-order valence-corrected chi connectivity index (χ4v) is 6.68. The Bertz CT molecular complexity index is 1610. The molecule has 1 unspecified atom stereocenters. The molecule has 3 aromatic rings. The number of nitrogens with zero attached hydrogens (tertiary/aromatic N) is 7. The number of benzene rings is 1. The van der Waals surface area contributed by atoms with E-state index in [1.54, 1.807) is 6.20 Å². The first-order valence-electron chi connectivity index (χ1n) is 14.5. The molecule has 226 valence electrons. The Morgan fingerprint density at radius 2 is 2.16 bits per heavy atom. The highest BCUT2D eigenvalue weighted by molar-refractivity contribution is 6.33. The van der Waals surface area contributed by atoms with E-state index in [1.807, 2.05) is 17.9 Å². The molecule has 0 saturated carbocycles. The van der Waals surface area contributed by atoms with Crippen molar-refractivity contribution in [3.63, 3.8) is 0 Å². The molecule has 5 heterocycles. The summed E-state index contributed by atoms with van der Waals surface area (Å²) < 4.78 is 26.4. The van der Waals surface area contributed by atoms with Crippen molar-refractivity contribution >= 4 is 34.2 Å². The number of piperazine rings is 1. The standard InChI is InChI=1S/C30H34ClFN8O3/c1-17-11-24-21(13-34-37-24)26(27(17)31)25-12-23-22(16-42-25)28(36-30(35-23)43-15-20-5-4-8-38(20)3)39-9-10-40(29(41)18(2)32)19(14-39)6-7-33/h11,13,19-20,25H,2,4-6,8-10,12,14-16H2,1,3H3,(H,34,37)/t19-,20-,25?/m0/s1. The van der Waals surface area contributed by atoms with Crippen molar-refractivity contribution in [1.82, 2.24) is 30.0 Å². The summed E-state index contributed by atoms with van der Waals surface area (Å²) in [6.07, 6.45) is 4.04. The maximum absolute atomic E-state index is 13.8. The van der Waals surface area contributed by atoms with Gasteiger partial charge in [-0.05, 0) is 45.0 Å². The number of halogens is 2. The monoisotopic (exact) mass is 608 g/mol. The molecule has 0 bridgehead atoms. The van der Waals surface area contributed by atoms with Crippen LogP contribution >= 0.6 is 11.6 Å². The molecule has 2 saturated heterocycles. The highest BCUT2D eigenvalue weighted by Gasteiger charge is 2.36. The molecule has 0 radical (unpaired) electrons. The number of carbonyl (C=O) groups excluding carboxylic acids is 1. The van der Waals surface area contributed by atoms with E-state index in [2.05, 4.69) is 34.8 Å². The van der Waals surface area contributed by atoms with Crippen LogP contribution in [0.2, 0.25) is 5.02 Å². The van der Waals surface area contributed by atoms with Gasteiger partial charge in [0.2, 0.25) is 0 Å². The number of aromatic amines is 1. The first-order chi connectivity index (χ1) is 20.7. The Morgan fingerprint density at radius 3 is 2.91 bits per heavy atom. The normalized spacial score (nSPS) is 22.4. The van der Waals surface area contributed by atoms with Gasteiger partial charge >= 0.3 is 6.01 Å². The molecule has 0 aliphatic carbocycles. The van der Waals surface area contributed by atoms with Crippen LogP contribution in [0, 0.1) is 18.3 Å². The Hall–Kier alpha value is -3.79. The van der Waals surface area contributed by atoms with Gasteiger partial charge in [0.1, 0.15) is 12.4 Å². The number of anilines is 1. The average molecular weight is 609 g/mol. The lowest BCUT2D eigenvalue weighted by Gasteiger charge is -2.42. The van der Waals surface area contributed by atoms with Gasteiger partial charge in [-0.1, -0.05) is 18.2 Å². The number of likely N-dealkylation sites (N-methyl/N-ethyl adjacent to an activating group) is 1. The van der Waals surface area contributed by atoms with E-state index < -0.39 is 17.8 Å². The molecule has 3 aliphatic rings. The van der Waals surface area contributed by atoms with Crippen LogP contribution < -0.4 is 9.64 Å². The van der Waals surface area contributed by atoms with Gasteiger partial charge in [0, 0.05) is 48.6 Å². The number of nitriles is 1. The number of fused-ring (bicyclic) bond motifs is 2. The van der Waals surface area contributed by atoms with E-state index in [4.69, 9.17) is 31.0 Å². The number of likely N-dealkylation sites (tertiary alicyclic amines) is 1. The molecular formula is C30H34ClFN8O3. The van der Waals surface area contributed by atoms with Gasteiger partial charge in [-0.25, -0.2) is 4.39 Å². The van der Waals surface area contributed by atoms with Crippen LogP contribution in [0.5, 0.6) is 6.01 Å². The molecule has 1 aromatic carbocycles. The molecule has 13 heteroatoms. The number of aryl methyl sites for hydroxylation is 1. The van der Waals surface area contributed by atoms with Crippen molar-refractivity contribution in [3.05, 3.63) is 52.1 Å². The number of amides is 1. The number of hydrogen-bond acceptors (Lipinski definition) is 9. The minimum absolute atomic E-state index is 0.0469. The lowest BCUT2D eigenvalue weighted by atomic mass is 9.95. The van der Waals surface area contributed by atoms with Gasteiger partial charge in [0.25, 0.3) is 5.91 Å². The number of aromatic nitrogens is 4. The summed E-state index contributed by atoms with van der Waals surface area (Å²) in [6, 6.07) is 4.12. The zero-order chi connectivity index (χ0) is 30.2. The van der Waals surface area contributed by atoms with E-state index in [0.29, 0.717) is 37.0 Å². The molecule has 1 N–H and O–H groups in total. The second-order valence-electron chi connectivity index (χ2n) is 11.5. The van der Waals surface area contributed by atoms with E-state index in [9.17, 15) is 14.4 Å². The Kier molecular flexibility index (Phi) is 8.22. The van der Waals surface area contributed by atoms with Crippen LogP contribution in [0.25, 0.3) is 10.9 Å². The van der Waals surface area contributed by atoms with Crippen molar-refractivity contribution in [2.24, 2.45) is 0 Å². The van der Waals surface area contributed by atoms with Crippen molar-refractivity contribution in [2.45, 2.75) is 57.4 Å². The fraction of sp³-hybridized carbons (Fsp3) is 0.500. The summed E-state index contributed by atoms with van der Waals surface area (Å²) in [5, 5.41) is 18.2. The van der Waals surface area contributed by atoms with Crippen LogP contribution in [0.15, 0.2) is 24.7 Å². The highest BCUT2D eigenvalue weighted by Crippen LogP contribution is 2.41. The zero-order valence-corrected chi connectivity index (χ0v) is 25.0. The predicted octanol–water partition coefficient (Wildman–Crippen LogP) is 4.02. The average Bonchev–Trinajstić information content (AvgIpc) is 3.63. The molecule has 3 atom stereocenters. The molecule has 3 aliphatic heterocycles. The predicted molar refractivity (Wildman–Crippen MR) is 158 cm³/mol. The van der Waals surface area contributed by atoms with Gasteiger partial charge in [0.15, 0.2) is 5.83 Å². The van der Waals surface area contributed by atoms with Crippen LogP contribution in [0.3, 0.4) is 0 Å². The lowest BCUT2D eigenvalue weighted by Crippen LogP contribution is -2.55. The number of hydrogen-bond donors (Lipinski definition) is 1.